The highest BCUT2D eigenvalue weighted by Gasteiger charge is 2.17. The molecule has 0 radical (unpaired) electrons. The summed E-state index contributed by atoms with van der Waals surface area (Å²) in [7, 11) is 2.39. The highest BCUT2D eigenvalue weighted by molar-refractivity contribution is 4.65. The maximum Gasteiger partial charge on any atom is 0.0969 e. The first-order valence-corrected chi connectivity index (χ1v) is 10.1. The zero-order valence-corrected chi connectivity index (χ0v) is 16.0. The van der Waals surface area contributed by atoms with Crippen molar-refractivity contribution in [2.75, 3.05) is 26.7 Å². The number of nitrogens with zero attached hydrogens (tertiary/aromatic N) is 1. The smallest absolute Gasteiger partial charge is 0.0969 e. The first kappa shape index (κ1) is 21.7. The Bertz CT molecular complexity index is 236. The monoisotopic (exact) mass is 310 g/mol. The van der Waals surface area contributed by atoms with Crippen molar-refractivity contribution in [2.45, 2.75) is 97.3 Å². The molecule has 0 fully saturated rings. The number of quaternary nitrogens is 1. The molecule has 0 aromatic heterocycles. The van der Waals surface area contributed by atoms with Gasteiger partial charge in [-0.15, -0.1) is 0 Å². The molecule has 0 bridgehead atoms. The van der Waals surface area contributed by atoms with E-state index in [2.05, 4.69) is 33.6 Å². The van der Waals surface area contributed by atoms with Crippen LogP contribution < -0.4 is 0 Å². The van der Waals surface area contributed by atoms with E-state index in [1.165, 1.54) is 101 Å². The number of unbranched alkanes of at least 4 members (excludes halogenated alkanes) is 11. The fourth-order valence-corrected chi connectivity index (χ4v) is 3.48. The molecule has 1 heteroatoms. The maximum absolute atomic E-state index is 3.92. The first-order chi connectivity index (χ1) is 10.7. The molecule has 0 aromatic rings. The molecule has 1 atom stereocenters. The van der Waals surface area contributed by atoms with Crippen molar-refractivity contribution in [3.63, 3.8) is 0 Å². The van der Waals surface area contributed by atoms with Gasteiger partial charge < -0.3 is 4.48 Å². The Morgan fingerprint density at radius 2 is 1.09 bits per heavy atom. The largest absolute Gasteiger partial charge is 0.323 e. The van der Waals surface area contributed by atoms with Crippen LogP contribution in [0.15, 0.2) is 12.7 Å². The van der Waals surface area contributed by atoms with Crippen molar-refractivity contribution in [2.24, 2.45) is 0 Å². The Kier molecular flexibility index (Phi) is 15.4. The molecule has 0 saturated carbocycles. The van der Waals surface area contributed by atoms with Crippen molar-refractivity contribution in [3.8, 4) is 0 Å². The van der Waals surface area contributed by atoms with Gasteiger partial charge in [0.25, 0.3) is 0 Å². The number of hydrogen-bond donors (Lipinski definition) is 0. The zero-order valence-electron chi connectivity index (χ0n) is 16.0. The Balaban J connectivity index is 3.36. The minimum Gasteiger partial charge on any atom is -0.323 e. The van der Waals surface area contributed by atoms with Gasteiger partial charge in [0.05, 0.1) is 26.7 Å². The van der Waals surface area contributed by atoms with E-state index in [0.717, 1.165) is 6.54 Å². The van der Waals surface area contributed by atoms with Crippen LogP contribution >= 0.6 is 0 Å². The average Bonchev–Trinajstić information content (AvgIpc) is 2.49. The third-order valence-corrected chi connectivity index (χ3v) is 4.88. The van der Waals surface area contributed by atoms with Gasteiger partial charge in [-0.25, -0.2) is 0 Å². The van der Waals surface area contributed by atoms with Gasteiger partial charge in [0, 0.05) is 0 Å². The van der Waals surface area contributed by atoms with Crippen LogP contribution in [0.1, 0.15) is 97.3 Å². The predicted octanol–water partition coefficient (Wildman–Crippen LogP) is 6.73. The maximum atomic E-state index is 3.92. The molecule has 1 nitrogen and oxygen atoms in total. The summed E-state index contributed by atoms with van der Waals surface area (Å²) in [5.74, 6) is 0. The Morgan fingerprint density at radius 3 is 1.50 bits per heavy atom. The normalized spacial score (nSPS) is 14.0. The van der Waals surface area contributed by atoms with Crippen LogP contribution in [0.3, 0.4) is 0 Å². The van der Waals surface area contributed by atoms with Crippen LogP contribution in [-0.2, 0) is 0 Å². The van der Waals surface area contributed by atoms with Crippen LogP contribution in [-0.4, -0.2) is 31.2 Å². The van der Waals surface area contributed by atoms with Gasteiger partial charge in [-0.2, -0.15) is 0 Å². The van der Waals surface area contributed by atoms with Crippen LogP contribution in [0, 0.1) is 0 Å². The third kappa shape index (κ3) is 13.4. The highest BCUT2D eigenvalue weighted by atomic mass is 15.3. The second kappa shape index (κ2) is 15.6. The van der Waals surface area contributed by atoms with Gasteiger partial charge in [0.15, 0.2) is 0 Å². The zero-order chi connectivity index (χ0) is 16.5. The standard InChI is InChI=1S/C21H44N/c1-5-8-9-10-11-12-13-14-15-16-17-18-21-22(4,19-6-2)20-7-3/h6H,2,5,7-21H2,1,3-4H3/q+1. The van der Waals surface area contributed by atoms with Crippen molar-refractivity contribution >= 4 is 0 Å². The Hall–Kier alpha value is -0.300. The molecule has 0 saturated heterocycles. The summed E-state index contributed by atoms with van der Waals surface area (Å²) in [5, 5.41) is 0. The minimum absolute atomic E-state index is 1.13. The summed E-state index contributed by atoms with van der Waals surface area (Å²) in [6, 6.07) is 0. The second-order valence-electron chi connectivity index (χ2n) is 7.43. The van der Waals surface area contributed by atoms with E-state index in [4.69, 9.17) is 0 Å². The summed E-state index contributed by atoms with van der Waals surface area (Å²) in [4.78, 5) is 0. The van der Waals surface area contributed by atoms with Gasteiger partial charge in [-0.05, 0) is 25.3 Å². The summed E-state index contributed by atoms with van der Waals surface area (Å²) < 4.78 is 1.19. The van der Waals surface area contributed by atoms with Gasteiger partial charge >= 0.3 is 0 Å². The number of rotatable bonds is 17. The first-order valence-electron chi connectivity index (χ1n) is 10.1. The van der Waals surface area contributed by atoms with Crippen molar-refractivity contribution in [1.82, 2.24) is 0 Å². The van der Waals surface area contributed by atoms with E-state index in [9.17, 15) is 0 Å². The van der Waals surface area contributed by atoms with E-state index < -0.39 is 0 Å². The summed E-state index contributed by atoms with van der Waals surface area (Å²) in [5.41, 5.74) is 0. The molecule has 0 heterocycles. The average molecular weight is 311 g/mol. The van der Waals surface area contributed by atoms with Crippen molar-refractivity contribution in [3.05, 3.63) is 12.7 Å². The fourth-order valence-electron chi connectivity index (χ4n) is 3.48. The molecule has 132 valence electrons. The molecule has 0 aliphatic heterocycles. The topological polar surface area (TPSA) is 0 Å². The lowest BCUT2D eigenvalue weighted by Gasteiger charge is -2.33. The molecular weight excluding hydrogens is 266 g/mol. The van der Waals surface area contributed by atoms with Gasteiger partial charge in [-0.1, -0.05) is 84.6 Å². The van der Waals surface area contributed by atoms with E-state index in [1.807, 2.05) is 0 Å². The van der Waals surface area contributed by atoms with Crippen LogP contribution in [0.25, 0.3) is 0 Å². The van der Waals surface area contributed by atoms with Gasteiger partial charge in [0.1, 0.15) is 0 Å². The Labute approximate surface area is 141 Å². The molecule has 0 aliphatic rings. The third-order valence-electron chi connectivity index (χ3n) is 4.88. The molecular formula is C21H44N+. The molecule has 22 heavy (non-hydrogen) atoms. The quantitative estimate of drug-likeness (QED) is 0.159. The van der Waals surface area contributed by atoms with Crippen LogP contribution in [0.5, 0.6) is 0 Å². The highest BCUT2D eigenvalue weighted by Crippen LogP contribution is 2.13. The summed E-state index contributed by atoms with van der Waals surface area (Å²) in [6.45, 7) is 12.3. The molecule has 0 N–H and O–H groups in total. The van der Waals surface area contributed by atoms with E-state index >= 15 is 0 Å². The number of likely N-dealkylation sites (N-methyl/N-ethyl adjacent to an activating group) is 1. The van der Waals surface area contributed by atoms with Gasteiger partial charge in [-0.3, -0.25) is 0 Å². The van der Waals surface area contributed by atoms with Crippen molar-refractivity contribution in [1.29, 1.82) is 0 Å². The van der Waals surface area contributed by atoms with E-state index in [-0.39, 0.29) is 0 Å². The molecule has 1 unspecified atom stereocenters. The van der Waals surface area contributed by atoms with E-state index in [0.29, 0.717) is 0 Å². The molecule has 0 amide bonds. The van der Waals surface area contributed by atoms with E-state index in [1.54, 1.807) is 0 Å². The SMILES string of the molecule is C=CC[N+](C)(CCC)CCCCCCCCCCCCCC. The minimum atomic E-state index is 1.13. The molecule has 0 rings (SSSR count). The van der Waals surface area contributed by atoms with Crippen LogP contribution in [0.4, 0.5) is 0 Å². The lowest BCUT2D eigenvalue weighted by atomic mass is 10.1. The van der Waals surface area contributed by atoms with Crippen LogP contribution in [0.2, 0.25) is 0 Å². The second-order valence-corrected chi connectivity index (χ2v) is 7.43. The summed E-state index contributed by atoms with van der Waals surface area (Å²) >= 11 is 0. The summed E-state index contributed by atoms with van der Waals surface area (Å²) in [6.07, 6.45) is 20.6. The lowest BCUT2D eigenvalue weighted by molar-refractivity contribution is -0.904. The molecule has 0 spiro atoms. The molecule has 0 aliphatic carbocycles. The predicted molar refractivity (Wildman–Crippen MR) is 102 cm³/mol. The number of hydrogen-bond acceptors (Lipinski definition) is 0. The lowest BCUT2D eigenvalue weighted by Crippen LogP contribution is -2.45. The van der Waals surface area contributed by atoms with Gasteiger partial charge in [0.2, 0.25) is 0 Å². The van der Waals surface area contributed by atoms with Crippen molar-refractivity contribution < 1.29 is 4.48 Å². The molecule has 0 aromatic carbocycles. The Morgan fingerprint density at radius 1 is 0.636 bits per heavy atom. The fraction of sp³-hybridized carbons (Fsp3) is 0.905.